The van der Waals surface area contributed by atoms with Gasteiger partial charge in [0.1, 0.15) is 0 Å². The Hall–Kier alpha value is -2.72. The van der Waals surface area contributed by atoms with E-state index in [2.05, 4.69) is 15.4 Å². The van der Waals surface area contributed by atoms with E-state index in [0.717, 1.165) is 18.2 Å². The van der Waals surface area contributed by atoms with E-state index in [4.69, 9.17) is 0 Å². The lowest BCUT2D eigenvalue weighted by atomic mass is 10.3. The summed E-state index contributed by atoms with van der Waals surface area (Å²) in [6, 6.07) is 4.33. The molecule has 0 atom stereocenters. The van der Waals surface area contributed by atoms with Gasteiger partial charge < -0.3 is 15.5 Å². The predicted octanol–water partition coefficient (Wildman–Crippen LogP) is 1.25. The molecule has 1 aromatic carbocycles. The number of hydrogen-bond donors (Lipinski definition) is 3. The number of phenolic OH excluding ortho intramolecular Hbond substituents is 1. The first-order valence-electron chi connectivity index (χ1n) is 7.21. The van der Waals surface area contributed by atoms with Crippen molar-refractivity contribution in [2.45, 2.75) is 23.3 Å². The van der Waals surface area contributed by atoms with Gasteiger partial charge in [0.05, 0.1) is 17.2 Å². The standard InChI is InChI=1S/C15H15FN4O4S/c1-8-5-9(7-21)18-15-13(14(17-2)19-20(8)15)25(23,24)10-3-4-11(16)12(22)6-10/h3-6,21-22H,7H2,1-2H3,(H,17,19). The van der Waals surface area contributed by atoms with Crippen LogP contribution >= 0.6 is 0 Å². The summed E-state index contributed by atoms with van der Waals surface area (Å²) in [5.74, 6) is -1.65. The predicted molar refractivity (Wildman–Crippen MR) is 86.7 cm³/mol. The minimum Gasteiger partial charge on any atom is -0.505 e. The zero-order chi connectivity index (χ0) is 18.4. The fraction of sp³-hybridized carbons (Fsp3) is 0.200. The van der Waals surface area contributed by atoms with E-state index in [0.29, 0.717) is 5.69 Å². The molecule has 0 saturated heterocycles. The number of rotatable bonds is 4. The monoisotopic (exact) mass is 366 g/mol. The minimum atomic E-state index is -4.16. The summed E-state index contributed by atoms with van der Waals surface area (Å²) in [7, 11) is -2.66. The molecule has 0 radical (unpaired) electrons. The largest absolute Gasteiger partial charge is 0.505 e. The summed E-state index contributed by atoms with van der Waals surface area (Å²) in [6.45, 7) is 1.33. The Labute approximate surface area is 142 Å². The lowest BCUT2D eigenvalue weighted by Crippen LogP contribution is -2.06. The van der Waals surface area contributed by atoms with Gasteiger partial charge in [-0.3, -0.25) is 0 Å². The van der Waals surface area contributed by atoms with Crippen molar-refractivity contribution < 1.29 is 23.0 Å². The smallest absolute Gasteiger partial charge is 0.214 e. The number of benzene rings is 1. The van der Waals surface area contributed by atoms with Gasteiger partial charge in [-0.05, 0) is 25.1 Å². The number of hydrogen-bond acceptors (Lipinski definition) is 7. The number of aromatic hydroxyl groups is 1. The van der Waals surface area contributed by atoms with Crippen molar-refractivity contribution in [3.05, 3.63) is 41.5 Å². The van der Waals surface area contributed by atoms with Crippen LogP contribution in [0, 0.1) is 12.7 Å². The van der Waals surface area contributed by atoms with Gasteiger partial charge in [-0.2, -0.15) is 0 Å². The van der Waals surface area contributed by atoms with Crippen LogP contribution in [-0.4, -0.2) is 40.3 Å². The summed E-state index contributed by atoms with van der Waals surface area (Å²) in [5.41, 5.74) is 0.886. The van der Waals surface area contributed by atoms with Crippen molar-refractivity contribution in [2.75, 3.05) is 12.4 Å². The molecule has 2 heterocycles. The van der Waals surface area contributed by atoms with E-state index >= 15 is 0 Å². The van der Waals surface area contributed by atoms with Gasteiger partial charge in [-0.1, -0.05) is 0 Å². The molecule has 3 aromatic rings. The van der Waals surface area contributed by atoms with E-state index in [1.165, 1.54) is 11.6 Å². The van der Waals surface area contributed by atoms with Gasteiger partial charge in [0.25, 0.3) is 0 Å². The summed E-state index contributed by atoms with van der Waals surface area (Å²) < 4.78 is 40.7. The number of fused-ring (bicyclic) bond motifs is 1. The van der Waals surface area contributed by atoms with Crippen LogP contribution in [0.15, 0.2) is 34.1 Å². The van der Waals surface area contributed by atoms with Crippen molar-refractivity contribution in [2.24, 2.45) is 0 Å². The van der Waals surface area contributed by atoms with Crippen LogP contribution in [0.3, 0.4) is 0 Å². The molecule has 0 aliphatic rings. The topological polar surface area (TPSA) is 117 Å². The number of nitrogens with zero attached hydrogens (tertiary/aromatic N) is 3. The Morgan fingerprint density at radius 3 is 2.64 bits per heavy atom. The molecule has 2 aromatic heterocycles. The van der Waals surface area contributed by atoms with E-state index < -0.39 is 21.4 Å². The van der Waals surface area contributed by atoms with Gasteiger partial charge in [0.2, 0.25) is 9.84 Å². The minimum absolute atomic E-state index is 0.0252. The Kier molecular flexibility index (Phi) is 4.09. The van der Waals surface area contributed by atoms with Gasteiger partial charge in [0, 0.05) is 18.8 Å². The molecule has 8 nitrogen and oxygen atoms in total. The lowest BCUT2D eigenvalue weighted by molar-refractivity contribution is 0.277. The quantitative estimate of drug-likeness (QED) is 0.595. The van der Waals surface area contributed by atoms with Crippen molar-refractivity contribution in [1.82, 2.24) is 14.6 Å². The lowest BCUT2D eigenvalue weighted by Gasteiger charge is -2.07. The third-order valence-electron chi connectivity index (χ3n) is 3.67. The molecule has 0 spiro atoms. The molecule has 0 unspecified atom stereocenters. The van der Waals surface area contributed by atoms with Crippen molar-refractivity contribution in [3.8, 4) is 5.75 Å². The highest BCUT2D eigenvalue weighted by Gasteiger charge is 2.29. The molecule has 0 amide bonds. The van der Waals surface area contributed by atoms with E-state index in [1.54, 1.807) is 13.0 Å². The van der Waals surface area contributed by atoms with Crippen LogP contribution in [-0.2, 0) is 16.4 Å². The van der Waals surface area contributed by atoms with E-state index in [-0.39, 0.29) is 33.6 Å². The first-order chi connectivity index (χ1) is 11.8. The van der Waals surface area contributed by atoms with Crippen LogP contribution in [0.4, 0.5) is 10.2 Å². The van der Waals surface area contributed by atoms with E-state index in [1.807, 2.05) is 0 Å². The average molecular weight is 366 g/mol. The average Bonchev–Trinajstić information content (AvgIpc) is 2.96. The summed E-state index contributed by atoms with van der Waals surface area (Å²) >= 11 is 0. The molecule has 132 valence electrons. The zero-order valence-corrected chi connectivity index (χ0v) is 14.2. The first kappa shape index (κ1) is 17.1. The number of aromatic nitrogens is 3. The zero-order valence-electron chi connectivity index (χ0n) is 13.4. The van der Waals surface area contributed by atoms with Gasteiger partial charge in [-0.25, -0.2) is 22.3 Å². The maximum atomic E-state index is 13.3. The summed E-state index contributed by atoms with van der Waals surface area (Å²) in [6.07, 6.45) is 0. The molecule has 3 rings (SSSR count). The number of aliphatic hydroxyl groups is 1. The number of sulfone groups is 1. The highest BCUT2D eigenvalue weighted by molar-refractivity contribution is 7.91. The number of aliphatic hydroxyl groups excluding tert-OH is 1. The number of anilines is 1. The molecular weight excluding hydrogens is 351 g/mol. The highest BCUT2D eigenvalue weighted by atomic mass is 32.2. The second kappa shape index (κ2) is 5.97. The normalized spacial score (nSPS) is 11.8. The Bertz CT molecular complexity index is 1080. The van der Waals surface area contributed by atoms with Crippen LogP contribution in [0.1, 0.15) is 11.4 Å². The van der Waals surface area contributed by atoms with Gasteiger partial charge >= 0.3 is 0 Å². The SMILES string of the molecule is CNc1nn2c(C)cc(CO)nc2c1S(=O)(=O)c1ccc(F)c(O)c1. The third kappa shape index (κ3) is 2.68. The number of phenols is 1. The molecule has 0 fully saturated rings. The molecule has 10 heteroatoms. The van der Waals surface area contributed by atoms with Crippen molar-refractivity contribution in [3.63, 3.8) is 0 Å². The highest BCUT2D eigenvalue weighted by Crippen LogP contribution is 2.32. The summed E-state index contributed by atoms with van der Waals surface area (Å²) in [4.78, 5) is 3.63. The maximum Gasteiger partial charge on any atom is 0.214 e. The molecule has 0 aliphatic carbocycles. The van der Waals surface area contributed by atoms with Gasteiger partial charge in [0.15, 0.2) is 27.9 Å². The van der Waals surface area contributed by atoms with Gasteiger partial charge in [-0.15, -0.1) is 5.10 Å². The molecule has 0 aliphatic heterocycles. The molecule has 0 saturated carbocycles. The number of nitrogens with one attached hydrogen (secondary N) is 1. The molecular formula is C15H15FN4O4S. The van der Waals surface area contributed by atoms with Crippen molar-refractivity contribution in [1.29, 1.82) is 0 Å². The first-order valence-corrected chi connectivity index (χ1v) is 8.69. The Morgan fingerprint density at radius 1 is 1.32 bits per heavy atom. The summed E-state index contributed by atoms with van der Waals surface area (Å²) in [5, 5.41) is 25.7. The second-order valence-corrected chi connectivity index (χ2v) is 7.21. The molecule has 0 bridgehead atoms. The fourth-order valence-corrected chi connectivity index (χ4v) is 4.00. The third-order valence-corrected chi connectivity index (χ3v) is 5.46. The second-order valence-electron chi connectivity index (χ2n) is 5.33. The Morgan fingerprint density at radius 2 is 2.04 bits per heavy atom. The van der Waals surface area contributed by atoms with Crippen LogP contribution < -0.4 is 5.32 Å². The fourth-order valence-electron chi connectivity index (χ4n) is 2.48. The maximum absolute atomic E-state index is 13.3. The van der Waals surface area contributed by atoms with E-state index in [9.17, 15) is 23.0 Å². The molecule has 25 heavy (non-hydrogen) atoms. The van der Waals surface area contributed by atoms with Crippen LogP contribution in [0.5, 0.6) is 5.75 Å². The number of halogens is 1. The number of aryl methyl sites for hydroxylation is 1. The van der Waals surface area contributed by atoms with Crippen LogP contribution in [0.25, 0.3) is 5.65 Å². The molecule has 3 N–H and O–H groups in total. The Balaban J connectivity index is 2.36. The van der Waals surface area contributed by atoms with Crippen LogP contribution in [0.2, 0.25) is 0 Å². The van der Waals surface area contributed by atoms with Crippen molar-refractivity contribution >= 4 is 21.3 Å².